The molecule has 2 N–H and O–H groups in total. The van der Waals surface area contributed by atoms with Crippen molar-refractivity contribution in [3.8, 4) is 0 Å². The van der Waals surface area contributed by atoms with E-state index in [1.54, 1.807) is 7.11 Å². The summed E-state index contributed by atoms with van der Waals surface area (Å²) in [6.45, 7) is 1.84. The van der Waals surface area contributed by atoms with E-state index in [-0.39, 0.29) is 11.4 Å². The summed E-state index contributed by atoms with van der Waals surface area (Å²) in [5.41, 5.74) is -0.386. The first kappa shape index (κ1) is 11.1. The molecule has 4 nitrogen and oxygen atoms in total. The molecule has 5 heteroatoms. The van der Waals surface area contributed by atoms with Crippen molar-refractivity contribution >= 4 is 11.1 Å². The lowest BCUT2D eigenvalue weighted by Gasteiger charge is -2.29. The van der Waals surface area contributed by atoms with Crippen molar-refractivity contribution in [1.29, 1.82) is 0 Å². The maximum atomic E-state index is 10.8. The van der Waals surface area contributed by atoms with Crippen molar-refractivity contribution in [2.45, 2.75) is 24.9 Å². The van der Waals surface area contributed by atoms with Crippen LogP contribution in [0.2, 0.25) is 0 Å². The Morgan fingerprint density at radius 1 is 1.54 bits per heavy atom. The Bertz CT molecular complexity index is 178. The van der Waals surface area contributed by atoms with Gasteiger partial charge < -0.3 is 14.6 Å². The quantitative estimate of drug-likeness (QED) is 0.656. The highest BCUT2D eigenvalue weighted by atomic mass is 32.2. The topological polar surface area (TPSA) is 58.6 Å². The van der Waals surface area contributed by atoms with Gasteiger partial charge in [0.2, 0.25) is 0 Å². The molecule has 78 valence electrons. The fraction of sp³-hybridized carbons (Fsp3) is 1.00. The molecule has 0 spiro atoms. The van der Waals surface area contributed by atoms with Crippen molar-refractivity contribution in [2.75, 3.05) is 26.0 Å². The van der Waals surface area contributed by atoms with Crippen LogP contribution in [0.5, 0.6) is 0 Å². The highest BCUT2D eigenvalue weighted by molar-refractivity contribution is 7.79. The molecule has 13 heavy (non-hydrogen) atoms. The van der Waals surface area contributed by atoms with Gasteiger partial charge in [-0.1, -0.05) is 0 Å². The standard InChI is InChI=1S/C8H17NO3S/c1-12-8(7-13(10)11)3-2-5-9-6-4-8/h9H,2-7H2,1H3,(H,10,11). The number of hydrogen-bond acceptors (Lipinski definition) is 3. The van der Waals surface area contributed by atoms with E-state index >= 15 is 0 Å². The summed E-state index contributed by atoms with van der Waals surface area (Å²) in [5, 5.41) is 3.25. The molecule has 0 aliphatic carbocycles. The molecule has 1 aliphatic heterocycles. The molecule has 1 heterocycles. The zero-order valence-corrected chi connectivity index (χ0v) is 8.73. The van der Waals surface area contributed by atoms with Crippen LogP contribution in [0.3, 0.4) is 0 Å². The fourth-order valence-electron chi connectivity index (χ4n) is 1.73. The lowest BCUT2D eigenvalue weighted by atomic mass is 9.97. The van der Waals surface area contributed by atoms with E-state index in [0.717, 1.165) is 32.4 Å². The summed E-state index contributed by atoms with van der Waals surface area (Å²) in [7, 11) is 1.62. The summed E-state index contributed by atoms with van der Waals surface area (Å²) in [6.07, 6.45) is 2.68. The third kappa shape index (κ3) is 3.34. The predicted molar refractivity (Wildman–Crippen MR) is 52.1 cm³/mol. The van der Waals surface area contributed by atoms with Crippen LogP contribution >= 0.6 is 0 Å². The molecule has 1 rings (SSSR count). The van der Waals surface area contributed by atoms with Gasteiger partial charge in [-0.15, -0.1) is 0 Å². The van der Waals surface area contributed by atoms with E-state index in [9.17, 15) is 4.21 Å². The molecule has 0 radical (unpaired) electrons. The van der Waals surface area contributed by atoms with Crippen LogP contribution in [0.15, 0.2) is 0 Å². The van der Waals surface area contributed by atoms with Gasteiger partial charge in [0.25, 0.3) is 0 Å². The van der Waals surface area contributed by atoms with E-state index in [0.29, 0.717) is 0 Å². The number of rotatable bonds is 3. The molecule has 2 atom stereocenters. The lowest BCUT2D eigenvalue weighted by molar-refractivity contribution is -0.000809. The summed E-state index contributed by atoms with van der Waals surface area (Å²) in [6, 6.07) is 0. The van der Waals surface area contributed by atoms with Gasteiger partial charge >= 0.3 is 0 Å². The average Bonchev–Trinajstić information content (AvgIpc) is 2.30. The Balaban J connectivity index is 2.58. The minimum Gasteiger partial charge on any atom is -0.377 e. The van der Waals surface area contributed by atoms with Crippen LogP contribution < -0.4 is 5.32 Å². The number of ether oxygens (including phenoxy) is 1. The normalized spacial score (nSPS) is 32.5. The Labute approximate surface area is 81.3 Å². The smallest absolute Gasteiger partial charge is 0.155 e. The van der Waals surface area contributed by atoms with Crippen LogP contribution in [0, 0.1) is 0 Å². The maximum Gasteiger partial charge on any atom is 0.155 e. The number of methoxy groups -OCH3 is 1. The Morgan fingerprint density at radius 2 is 2.31 bits per heavy atom. The fourth-order valence-corrected chi connectivity index (χ4v) is 2.59. The molecular formula is C8H17NO3S. The Kier molecular flexibility index (Phi) is 4.31. The van der Waals surface area contributed by atoms with Crippen molar-refractivity contribution in [1.82, 2.24) is 5.32 Å². The minimum atomic E-state index is -1.76. The highest BCUT2D eigenvalue weighted by Gasteiger charge is 2.32. The van der Waals surface area contributed by atoms with Gasteiger partial charge in [-0.05, 0) is 32.4 Å². The third-order valence-electron chi connectivity index (χ3n) is 2.56. The summed E-state index contributed by atoms with van der Waals surface area (Å²) in [4.78, 5) is 0. The SMILES string of the molecule is COC1(CS(=O)O)CCCNCC1. The first-order chi connectivity index (χ1) is 6.18. The van der Waals surface area contributed by atoms with Gasteiger partial charge in [0.05, 0.1) is 11.4 Å². The first-order valence-corrected chi connectivity index (χ1v) is 5.79. The zero-order valence-electron chi connectivity index (χ0n) is 7.91. The first-order valence-electron chi connectivity index (χ1n) is 4.52. The van der Waals surface area contributed by atoms with Crippen molar-refractivity contribution in [3.05, 3.63) is 0 Å². The van der Waals surface area contributed by atoms with E-state index in [1.807, 2.05) is 0 Å². The minimum absolute atomic E-state index is 0.227. The largest absolute Gasteiger partial charge is 0.377 e. The monoisotopic (exact) mass is 207 g/mol. The Morgan fingerprint density at radius 3 is 2.92 bits per heavy atom. The second-order valence-corrected chi connectivity index (χ2v) is 4.39. The molecule has 2 unspecified atom stereocenters. The third-order valence-corrected chi connectivity index (χ3v) is 3.34. The van der Waals surface area contributed by atoms with E-state index in [1.165, 1.54) is 0 Å². The summed E-state index contributed by atoms with van der Waals surface area (Å²) >= 11 is -1.76. The van der Waals surface area contributed by atoms with Gasteiger partial charge in [0.15, 0.2) is 11.1 Å². The Hall–Kier alpha value is 0.0300. The molecule has 0 bridgehead atoms. The van der Waals surface area contributed by atoms with Crippen LogP contribution in [-0.4, -0.2) is 40.3 Å². The van der Waals surface area contributed by atoms with Gasteiger partial charge in [-0.25, -0.2) is 4.21 Å². The van der Waals surface area contributed by atoms with Gasteiger partial charge in [-0.2, -0.15) is 0 Å². The molecule has 0 aromatic rings. The van der Waals surface area contributed by atoms with Crippen molar-refractivity contribution in [2.24, 2.45) is 0 Å². The highest BCUT2D eigenvalue weighted by Crippen LogP contribution is 2.24. The molecule has 1 aliphatic rings. The van der Waals surface area contributed by atoms with Crippen LogP contribution in [-0.2, 0) is 15.8 Å². The van der Waals surface area contributed by atoms with Crippen LogP contribution in [0.4, 0.5) is 0 Å². The lowest BCUT2D eigenvalue weighted by Crippen LogP contribution is -2.38. The number of hydrogen-bond donors (Lipinski definition) is 2. The summed E-state index contributed by atoms with van der Waals surface area (Å²) in [5.74, 6) is 0.227. The second kappa shape index (κ2) is 5.05. The van der Waals surface area contributed by atoms with Crippen molar-refractivity contribution < 1.29 is 13.5 Å². The molecular weight excluding hydrogens is 190 g/mol. The molecule has 1 saturated heterocycles. The average molecular weight is 207 g/mol. The van der Waals surface area contributed by atoms with Crippen LogP contribution in [0.25, 0.3) is 0 Å². The van der Waals surface area contributed by atoms with Gasteiger partial charge in [-0.3, -0.25) is 0 Å². The molecule has 0 amide bonds. The number of nitrogens with one attached hydrogen (secondary N) is 1. The zero-order chi connectivity index (χ0) is 9.73. The summed E-state index contributed by atoms with van der Waals surface area (Å²) < 4.78 is 25.0. The van der Waals surface area contributed by atoms with Gasteiger partial charge in [0, 0.05) is 7.11 Å². The molecule has 0 aromatic heterocycles. The van der Waals surface area contributed by atoms with E-state index in [2.05, 4.69) is 5.32 Å². The van der Waals surface area contributed by atoms with Crippen molar-refractivity contribution in [3.63, 3.8) is 0 Å². The second-order valence-electron chi connectivity index (χ2n) is 3.46. The molecule has 0 aromatic carbocycles. The van der Waals surface area contributed by atoms with Gasteiger partial charge in [0.1, 0.15) is 0 Å². The molecule has 1 fully saturated rings. The van der Waals surface area contributed by atoms with E-state index < -0.39 is 11.1 Å². The maximum absolute atomic E-state index is 10.8. The predicted octanol–water partition coefficient (Wildman–Crippen LogP) is 0.367. The van der Waals surface area contributed by atoms with Crippen LogP contribution in [0.1, 0.15) is 19.3 Å². The van der Waals surface area contributed by atoms with E-state index in [4.69, 9.17) is 9.29 Å². The molecule has 0 saturated carbocycles.